The van der Waals surface area contributed by atoms with Gasteiger partial charge in [0, 0.05) is 41.6 Å². The second kappa shape index (κ2) is 6.60. The molecule has 6 heteroatoms. The lowest BCUT2D eigenvalue weighted by Crippen LogP contribution is -2.22. The molecule has 2 aromatic heterocycles. The number of hydrogen-bond acceptors (Lipinski definition) is 6. The second-order valence-electron chi connectivity index (χ2n) is 6.86. The largest absolute Gasteiger partial charge is 0.507 e. The quantitative estimate of drug-likeness (QED) is 0.414. The molecule has 1 aliphatic heterocycles. The molecule has 0 saturated carbocycles. The van der Waals surface area contributed by atoms with E-state index in [0.717, 1.165) is 11.1 Å². The molecule has 1 unspecified atom stereocenters. The summed E-state index contributed by atoms with van der Waals surface area (Å²) in [6.45, 7) is 0. The molecule has 3 heterocycles. The number of phenols is 1. The molecule has 29 heavy (non-hydrogen) atoms. The summed E-state index contributed by atoms with van der Waals surface area (Å²) in [4.78, 5) is 29.1. The number of rotatable bonds is 2. The number of benzene rings is 2. The van der Waals surface area contributed by atoms with Crippen molar-refractivity contribution in [3.05, 3.63) is 88.3 Å². The third kappa shape index (κ3) is 2.86. The van der Waals surface area contributed by atoms with E-state index in [9.17, 15) is 14.7 Å². The maximum atomic E-state index is 12.8. The van der Waals surface area contributed by atoms with E-state index < -0.39 is 5.97 Å². The van der Waals surface area contributed by atoms with Crippen LogP contribution in [0.3, 0.4) is 0 Å². The minimum absolute atomic E-state index is 0.0698. The molecule has 5 rings (SSSR count). The van der Waals surface area contributed by atoms with Crippen molar-refractivity contribution in [1.29, 1.82) is 0 Å². The summed E-state index contributed by atoms with van der Waals surface area (Å²) in [5.41, 5.74) is 2.00. The van der Waals surface area contributed by atoms with Crippen LogP contribution in [0.1, 0.15) is 23.5 Å². The van der Waals surface area contributed by atoms with E-state index >= 15 is 0 Å². The predicted molar refractivity (Wildman–Crippen MR) is 106 cm³/mol. The molecule has 0 amide bonds. The van der Waals surface area contributed by atoms with E-state index in [0.29, 0.717) is 11.3 Å². The summed E-state index contributed by atoms with van der Waals surface area (Å²) < 4.78 is 11.5. The molecule has 0 radical (unpaired) electrons. The Morgan fingerprint density at radius 1 is 1.00 bits per heavy atom. The van der Waals surface area contributed by atoms with Crippen LogP contribution in [0.15, 0.2) is 76.2 Å². The van der Waals surface area contributed by atoms with Gasteiger partial charge in [0.15, 0.2) is 5.43 Å². The topological polar surface area (TPSA) is 89.6 Å². The van der Waals surface area contributed by atoms with Crippen molar-refractivity contribution >= 4 is 16.9 Å². The minimum Gasteiger partial charge on any atom is -0.507 e. The van der Waals surface area contributed by atoms with E-state index in [-0.39, 0.29) is 40.2 Å². The summed E-state index contributed by atoms with van der Waals surface area (Å²) >= 11 is 0. The van der Waals surface area contributed by atoms with Gasteiger partial charge in [0.25, 0.3) is 0 Å². The Kier molecular flexibility index (Phi) is 3.91. The van der Waals surface area contributed by atoms with Crippen molar-refractivity contribution < 1.29 is 19.1 Å². The molecular weight excluding hydrogens is 370 g/mol. The number of nitrogens with zero attached hydrogens (tertiary/aromatic N) is 1. The molecule has 1 aliphatic rings. The SMILES string of the molecule is O=C1CC(c2ccncc2)c2c(cc(O)c3c(=O)cc(-c4ccccc4)oc23)O1. The van der Waals surface area contributed by atoms with Crippen molar-refractivity contribution in [2.45, 2.75) is 12.3 Å². The molecule has 0 fully saturated rings. The van der Waals surface area contributed by atoms with Crippen LogP contribution >= 0.6 is 0 Å². The van der Waals surface area contributed by atoms with Crippen LogP contribution in [0.5, 0.6) is 11.5 Å². The molecule has 2 aromatic carbocycles. The number of esters is 1. The Balaban J connectivity index is 1.85. The molecular formula is C23H15NO5. The number of hydrogen-bond donors (Lipinski definition) is 1. The van der Waals surface area contributed by atoms with E-state index in [4.69, 9.17) is 9.15 Å². The lowest BCUT2D eigenvalue weighted by Gasteiger charge is -2.25. The van der Waals surface area contributed by atoms with Gasteiger partial charge in [-0.25, -0.2) is 0 Å². The van der Waals surface area contributed by atoms with Crippen LogP contribution in [0.4, 0.5) is 0 Å². The van der Waals surface area contributed by atoms with Gasteiger partial charge in [-0.05, 0) is 17.7 Å². The van der Waals surface area contributed by atoms with Gasteiger partial charge >= 0.3 is 5.97 Å². The highest BCUT2D eigenvalue weighted by Crippen LogP contribution is 2.45. The first-order valence-corrected chi connectivity index (χ1v) is 9.11. The molecule has 0 spiro atoms. The van der Waals surface area contributed by atoms with Crippen LogP contribution in [-0.4, -0.2) is 16.1 Å². The Bertz CT molecular complexity index is 1300. The smallest absolute Gasteiger partial charge is 0.312 e. The minimum atomic E-state index is -0.417. The van der Waals surface area contributed by atoms with Crippen LogP contribution in [0, 0.1) is 0 Å². The third-order valence-corrected chi connectivity index (χ3v) is 5.09. The van der Waals surface area contributed by atoms with E-state index in [1.165, 1.54) is 12.1 Å². The van der Waals surface area contributed by atoms with Crippen molar-refractivity contribution in [2.75, 3.05) is 0 Å². The van der Waals surface area contributed by atoms with Gasteiger partial charge in [-0.15, -0.1) is 0 Å². The first-order chi connectivity index (χ1) is 14.1. The van der Waals surface area contributed by atoms with Gasteiger partial charge in [0.1, 0.15) is 28.2 Å². The normalized spacial score (nSPS) is 15.7. The average molecular weight is 385 g/mol. The maximum Gasteiger partial charge on any atom is 0.312 e. The average Bonchev–Trinajstić information content (AvgIpc) is 2.73. The first kappa shape index (κ1) is 17.2. The van der Waals surface area contributed by atoms with E-state index in [1.54, 1.807) is 12.4 Å². The fourth-order valence-electron chi connectivity index (χ4n) is 3.78. The number of ether oxygens (including phenoxy) is 1. The Morgan fingerprint density at radius 2 is 1.76 bits per heavy atom. The van der Waals surface area contributed by atoms with Gasteiger partial charge in [0.05, 0.1) is 6.42 Å². The Hall–Kier alpha value is -3.93. The van der Waals surface area contributed by atoms with Crippen LogP contribution in [0.25, 0.3) is 22.3 Å². The molecule has 0 aliphatic carbocycles. The Morgan fingerprint density at radius 3 is 2.52 bits per heavy atom. The molecule has 1 atom stereocenters. The van der Waals surface area contributed by atoms with Crippen LogP contribution in [-0.2, 0) is 4.79 Å². The maximum absolute atomic E-state index is 12.8. The van der Waals surface area contributed by atoms with Gasteiger partial charge in [0.2, 0.25) is 0 Å². The summed E-state index contributed by atoms with van der Waals surface area (Å²) in [5.74, 6) is -0.510. The number of pyridine rings is 1. The molecule has 142 valence electrons. The zero-order valence-corrected chi connectivity index (χ0v) is 15.2. The number of carbonyl (C=O) groups excluding carboxylic acids is 1. The fraction of sp³-hybridized carbons (Fsp3) is 0.0870. The lowest BCUT2D eigenvalue weighted by molar-refractivity contribution is -0.135. The van der Waals surface area contributed by atoms with Gasteiger partial charge in [-0.3, -0.25) is 14.6 Å². The van der Waals surface area contributed by atoms with Gasteiger partial charge < -0.3 is 14.3 Å². The molecule has 4 aromatic rings. The fourth-order valence-corrected chi connectivity index (χ4v) is 3.78. The molecule has 0 saturated heterocycles. The van der Waals surface area contributed by atoms with E-state index in [2.05, 4.69) is 4.98 Å². The van der Waals surface area contributed by atoms with Gasteiger partial charge in [-0.1, -0.05) is 30.3 Å². The summed E-state index contributed by atoms with van der Waals surface area (Å²) in [7, 11) is 0. The van der Waals surface area contributed by atoms with Crippen molar-refractivity contribution in [3.63, 3.8) is 0 Å². The highest BCUT2D eigenvalue weighted by molar-refractivity contribution is 5.93. The first-order valence-electron chi connectivity index (χ1n) is 9.11. The number of aromatic nitrogens is 1. The van der Waals surface area contributed by atoms with Crippen LogP contribution < -0.4 is 10.2 Å². The van der Waals surface area contributed by atoms with Crippen molar-refractivity contribution in [1.82, 2.24) is 4.98 Å². The van der Waals surface area contributed by atoms with Crippen LogP contribution in [0.2, 0.25) is 0 Å². The number of carbonyl (C=O) groups is 1. The third-order valence-electron chi connectivity index (χ3n) is 5.09. The zero-order chi connectivity index (χ0) is 20.0. The number of phenolic OH excluding ortho intramolecular Hbond substituents is 1. The highest BCUT2D eigenvalue weighted by atomic mass is 16.5. The monoisotopic (exact) mass is 385 g/mol. The Labute approximate surface area is 165 Å². The molecule has 1 N–H and O–H groups in total. The summed E-state index contributed by atoms with van der Waals surface area (Å²) in [5, 5.41) is 10.5. The standard InChI is InChI=1S/C23H15NO5/c25-16-11-18(14-4-2-1-3-5-14)29-23-21-15(13-6-8-24-9-7-13)10-20(27)28-19(21)12-17(26)22(16)23/h1-9,11-12,15,26H,10H2. The molecule has 6 nitrogen and oxygen atoms in total. The zero-order valence-electron chi connectivity index (χ0n) is 15.2. The lowest BCUT2D eigenvalue weighted by atomic mass is 9.85. The molecule has 0 bridgehead atoms. The van der Waals surface area contributed by atoms with E-state index in [1.807, 2.05) is 42.5 Å². The summed E-state index contributed by atoms with van der Waals surface area (Å²) in [6.07, 6.45) is 3.38. The van der Waals surface area contributed by atoms with Crippen molar-refractivity contribution in [2.24, 2.45) is 0 Å². The number of fused-ring (bicyclic) bond motifs is 3. The second-order valence-corrected chi connectivity index (χ2v) is 6.86. The number of aromatic hydroxyl groups is 1. The predicted octanol–water partition coefficient (Wildman–Crippen LogP) is 4.00. The van der Waals surface area contributed by atoms with Crippen molar-refractivity contribution in [3.8, 4) is 22.8 Å². The highest BCUT2D eigenvalue weighted by Gasteiger charge is 2.33. The van der Waals surface area contributed by atoms with Gasteiger partial charge in [-0.2, -0.15) is 0 Å². The summed E-state index contributed by atoms with van der Waals surface area (Å²) in [6, 6.07) is 15.5.